The van der Waals surface area contributed by atoms with Gasteiger partial charge < -0.3 is 4.74 Å². The number of carbonyl (C=O) groups excluding carboxylic acids is 1. The van der Waals surface area contributed by atoms with Gasteiger partial charge in [0.25, 0.3) is 5.91 Å². The zero-order valence-electron chi connectivity index (χ0n) is 14.8. The summed E-state index contributed by atoms with van der Waals surface area (Å²) in [7, 11) is 0. The molecule has 1 N–H and O–H groups in total. The monoisotopic (exact) mass is 447 g/mol. The number of rotatable bonds is 8. The molecular formula is C19H14ClN3O4S2. The predicted molar refractivity (Wildman–Crippen MR) is 114 cm³/mol. The second-order valence-electron chi connectivity index (χ2n) is 5.52. The Kier molecular flexibility index (Phi) is 7.23. The predicted octanol–water partition coefficient (Wildman–Crippen LogP) is 4.99. The van der Waals surface area contributed by atoms with E-state index in [2.05, 4.69) is 10.5 Å². The Morgan fingerprint density at radius 2 is 1.97 bits per heavy atom. The molecule has 0 saturated carbocycles. The summed E-state index contributed by atoms with van der Waals surface area (Å²) in [5.41, 5.74) is 2.14. The van der Waals surface area contributed by atoms with Crippen LogP contribution in [0.4, 0.5) is 5.69 Å². The van der Waals surface area contributed by atoms with Crippen molar-refractivity contribution >= 4 is 52.5 Å². The number of hydrazone groups is 1. The Balaban J connectivity index is 1.49. The van der Waals surface area contributed by atoms with Crippen LogP contribution < -0.4 is 10.2 Å². The second-order valence-corrected chi connectivity index (χ2v) is 8.45. The van der Waals surface area contributed by atoms with Crippen molar-refractivity contribution in [2.75, 3.05) is 6.61 Å². The zero-order chi connectivity index (χ0) is 20.6. The Hall–Kier alpha value is -2.88. The van der Waals surface area contributed by atoms with Crippen LogP contribution in [0.2, 0.25) is 5.02 Å². The number of carbonyl (C=O) groups is 1. The van der Waals surface area contributed by atoms with E-state index in [9.17, 15) is 14.9 Å². The Morgan fingerprint density at radius 3 is 2.72 bits per heavy atom. The summed E-state index contributed by atoms with van der Waals surface area (Å²) in [4.78, 5) is 24.1. The fourth-order valence-electron chi connectivity index (χ4n) is 2.15. The summed E-state index contributed by atoms with van der Waals surface area (Å²) in [5.74, 6) is -0.495. The number of nitrogens with zero attached hydrogens (tertiary/aromatic N) is 2. The number of nitro groups is 1. The van der Waals surface area contributed by atoms with Gasteiger partial charge in [-0.1, -0.05) is 35.5 Å². The van der Waals surface area contributed by atoms with Crippen molar-refractivity contribution in [3.8, 4) is 5.75 Å². The molecule has 7 nitrogen and oxygen atoms in total. The number of hydrogen-bond donors (Lipinski definition) is 1. The van der Waals surface area contributed by atoms with E-state index < -0.39 is 10.8 Å². The van der Waals surface area contributed by atoms with E-state index in [1.54, 1.807) is 17.8 Å². The van der Waals surface area contributed by atoms with Crippen molar-refractivity contribution in [1.82, 2.24) is 5.43 Å². The molecule has 0 fully saturated rings. The third-order valence-corrected chi connectivity index (χ3v) is 5.85. The Morgan fingerprint density at radius 1 is 1.21 bits per heavy atom. The van der Waals surface area contributed by atoms with Crippen molar-refractivity contribution in [3.63, 3.8) is 0 Å². The molecule has 2 aromatic carbocycles. The average Bonchev–Trinajstić information content (AvgIpc) is 3.15. The lowest BCUT2D eigenvalue weighted by Gasteiger charge is -2.05. The first kappa shape index (κ1) is 20.8. The number of ether oxygens (including phenoxy) is 1. The van der Waals surface area contributed by atoms with E-state index in [1.807, 2.05) is 36.4 Å². The minimum absolute atomic E-state index is 0.0266. The smallest absolute Gasteiger partial charge is 0.310 e. The van der Waals surface area contributed by atoms with Crippen molar-refractivity contribution in [1.29, 1.82) is 0 Å². The maximum atomic E-state index is 11.8. The molecular weight excluding hydrogens is 434 g/mol. The molecule has 0 bridgehead atoms. The summed E-state index contributed by atoms with van der Waals surface area (Å²) < 4.78 is 6.27. The Labute approximate surface area is 179 Å². The van der Waals surface area contributed by atoms with Gasteiger partial charge in [0.2, 0.25) is 0 Å². The highest BCUT2D eigenvalue weighted by atomic mass is 35.5. The zero-order valence-corrected chi connectivity index (χ0v) is 17.2. The summed E-state index contributed by atoms with van der Waals surface area (Å²) in [6.45, 7) is -0.385. The van der Waals surface area contributed by atoms with Gasteiger partial charge in [-0.25, -0.2) is 5.43 Å². The largest absolute Gasteiger partial charge is 0.477 e. The van der Waals surface area contributed by atoms with Crippen LogP contribution in [0.25, 0.3) is 0 Å². The van der Waals surface area contributed by atoms with Gasteiger partial charge in [-0.2, -0.15) is 5.10 Å². The number of nitrogens with one attached hydrogen (secondary N) is 1. The first-order valence-corrected chi connectivity index (χ1v) is 10.2. The molecule has 0 radical (unpaired) electrons. The molecule has 1 amide bonds. The number of nitro benzene ring substituents is 1. The molecule has 0 saturated heterocycles. The molecule has 0 aliphatic heterocycles. The first-order chi connectivity index (χ1) is 14.0. The lowest BCUT2D eigenvalue weighted by atomic mass is 10.3. The van der Waals surface area contributed by atoms with Crippen LogP contribution in [0.5, 0.6) is 5.75 Å². The average molecular weight is 448 g/mol. The second kappa shape index (κ2) is 10.1. The number of benzene rings is 2. The van der Waals surface area contributed by atoms with Crippen LogP contribution in [-0.4, -0.2) is 23.7 Å². The minimum atomic E-state index is -0.568. The summed E-state index contributed by atoms with van der Waals surface area (Å²) in [6.07, 6.45) is 1.53. The van der Waals surface area contributed by atoms with E-state index in [0.717, 1.165) is 14.0 Å². The van der Waals surface area contributed by atoms with Crippen molar-refractivity contribution in [3.05, 3.63) is 80.7 Å². The molecule has 0 spiro atoms. The van der Waals surface area contributed by atoms with Crippen LogP contribution >= 0.6 is 34.7 Å². The third kappa shape index (κ3) is 6.31. The van der Waals surface area contributed by atoms with E-state index in [0.29, 0.717) is 5.02 Å². The van der Waals surface area contributed by atoms with E-state index >= 15 is 0 Å². The summed E-state index contributed by atoms with van der Waals surface area (Å²) >= 11 is 9.01. The molecule has 0 aliphatic rings. The van der Waals surface area contributed by atoms with Gasteiger partial charge >= 0.3 is 5.69 Å². The van der Waals surface area contributed by atoms with Gasteiger partial charge in [-0.15, -0.1) is 11.3 Å². The number of thiophene rings is 1. The standard InChI is InChI=1S/C19H14ClN3O4S2/c20-13-5-7-14(8-6-13)28-19-10-9-15(29-19)11-21-22-18(24)12-27-17-4-2-1-3-16(17)23(25)26/h1-11H,12H2,(H,22,24)/b21-11+. The van der Waals surface area contributed by atoms with Gasteiger partial charge in [0.1, 0.15) is 0 Å². The number of amides is 1. The van der Waals surface area contributed by atoms with Gasteiger partial charge in [0.05, 0.1) is 15.3 Å². The van der Waals surface area contributed by atoms with Gasteiger partial charge in [0, 0.05) is 20.9 Å². The fraction of sp³-hybridized carbons (Fsp3) is 0.0526. The van der Waals surface area contributed by atoms with Gasteiger partial charge in [-0.05, 0) is 42.5 Å². The molecule has 0 atom stereocenters. The Bertz CT molecular complexity index is 1040. The van der Waals surface area contributed by atoms with E-state index in [1.165, 1.54) is 35.8 Å². The minimum Gasteiger partial charge on any atom is -0.477 e. The van der Waals surface area contributed by atoms with Crippen molar-refractivity contribution < 1.29 is 14.5 Å². The van der Waals surface area contributed by atoms with Crippen LogP contribution in [0.15, 0.2) is 74.9 Å². The number of para-hydroxylation sites is 2. The highest BCUT2D eigenvalue weighted by molar-refractivity contribution is 8.01. The first-order valence-electron chi connectivity index (χ1n) is 8.22. The topological polar surface area (TPSA) is 93.8 Å². The lowest BCUT2D eigenvalue weighted by molar-refractivity contribution is -0.385. The van der Waals surface area contributed by atoms with Gasteiger partial charge in [-0.3, -0.25) is 14.9 Å². The molecule has 3 aromatic rings. The maximum Gasteiger partial charge on any atom is 0.310 e. The molecule has 0 unspecified atom stereocenters. The van der Waals surface area contributed by atoms with Crippen LogP contribution in [0, 0.1) is 10.1 Å². The van der Waals surface area contributed by atoms with Crippen molar-refractivity contribution in [2.24, 2.45) is 5.10 Å². The molecule has 3 rings (SSSR count). The third-order valence-electron chi connectivity index (χ3n) is 3.44. The number of halogens is 1. The maximum absolute atomic E-state index is 11.8. The molecule has 0 aliphatic carbocycles. The molecule has 10 heteroatoms. The highest BCUT2D eigenvalue weighted by Crippen LogP contribution is 2.33. The molecule has 29 heavy (non-hydrogen) atoms. The highest BCUT2D eigenvalue weighted by Gasteiger charge is 2.14. The lowest BCUT2D eigenvalue weighted by Crippen LogP contribution is -2.24. The van der Waals surface area contributed by atoms with E-state index in [-0.39, 0.29) is 18.0 Å². The quantitative estimate of drug-likeness (QED) is 0.298. The molecule has 1 heterocycles. The summed E-state index contributed by atoms with van der Waals surface area (Å²) in [6, 6.07) is 17.3. The molecule has 1 aromatic heterocycles. The normalized spacial score (nSPS) is 10.8. The summed E-state index contributed by atoms with van der Waals surface area (Å²) in [5, 5.41) is 15.5. The van der Waals surface area contributed by atoms with Crippen molar-refractivity contribution in [2.45, 2.75) is 9.10 Å². The van der Waals surface area contributed by atoms with Crippen LogP contribution in [0.3, 0.4) is 0 Å². The number of hydrogen-bond acceptors (Lipinski definition) is 7. The van der Waals surface area contributed by atoms with Gasteiger partial charge in [0.15, 0.2) is 12.4 Å². The SMILES string of the molecule is O=C(COc1ccccc1[N+](=O)[O-])N/N=C/c1ccc(Sc2ccc(Cl)cc2)s1. The fourth-order valence-corrected chi connectivity index (χ4v) is 4.27. The van der Waals surface area contributed by atoms with E-state index in [4.69, 9.17) is 16.3 Å². The van der Waals surface area contributed by atoms with Crippen LogP contribution in [-0.2, 0) is 4.79 Å². The molecule has 148 valence electrons. The van der Waals surface area contributed by atoms with Crippen LogP contribution in [0.1, 0.15) is 4.88 Å².